The van der Waals surface area contributed by atoms with Gasteiger partial charge in [-0.1, -0.05) is 6.07 Å². The summed E-state index contributed by atoms with van der Waals surface area (Å²) >= 11 is 0. The van der Waals surface area contributed by atoms with Crippen LogP contribution in [0.15, 0.2) is 34.3 Å². The Bertz CT molecular complexity index is 684. The molecule has 8 nitrogen and oxygen atoms in total. The minimum atomic E-state index is -0.550. The summed E-state index contributed by atoms with van der Waals surface area (Å²) in [4.78, 5) is 14.6. The minimum Gasteiger partial charge on any atom is -0.492 e. The number of methoxy groups -OCH3 is 1. The van der Waals surface area contributed by atoms with Crippen molar-refractivity contribution in [1.29, 1.82) is 0 Å². The van der Waals surface area contributed by atoms with E-state index in [1.807, 2.05) is 25.1 Å². The molecule has 0 amide bonds. The molecule has 2 aromatic rings. The topological polar surface area (TPSA) is 101 Å². The molecule has 1 aromatic carbocycles. The Kier molecular flexibility index (Phi) is 4.86. The van der Waals surface area contributed by atoms with E-state index in [1.165, 1.54) is 6.20 Å². The fraction of sp³-hybridized carbons (Fsp3) is 0.231. The van der Waals surface area contributed by atoms with E-state index in [0.29, 0.717) is 18.1 Å². The number of ether oxygens (including phenoxy) is 2. The number of hydrogen-bond donors (Lipinski definition) is 2. The maximum atomic E-state index is 11.0. The molecule has 0 saturated heterocycles. The Hall–Kier alpha value is -2.90. The van der Waals surface area contributed by atoms with E-state index in [4.69, 9.17) is 9.47 Å². The molecule has 0 bridgehead atoms. The van der Waals surface area contributed by atoms with Gasteiger partial charge in [-0.25, -0.2) is 9.89 Å². The van der Waals surface area contributed by atoms with Gasteiger partial charge in [0.25, 0.3) is 0 Å². The van der Waals surface area contributed by atoms with Crippen LogP contribution in [0.3, 0.4) is 0 Å². The second kappa shape index (κ2) is 7.04. The predicted molar refractivity (Wildman–Crippen MR) is 78.0 cm³/mol. The zero-order valence-corrected chi connectivity index (χ0v) is 11.7. The number of anilines is 1. The number of nitrogens with one attached hydrogen (secondary N) is 2. The summed E-state index contributed by atoms with van der Waals surface area (Å²) < 4.78 is 10.8. The highest BCUT2D eigenvalue weighted by atomic mass is 16.5. The van der Waals surface area contributed by atoms with Crippen molar-refractivity contribution in [2.45, 2.75) is 6.92 Å². The molecule has 0 aliphatic rings. The van der Waals surface area contributed by atoms with Gasteiger partial charge in [-0.2, -0.15) is 15.2 Å². The molecule has 0 aliphatic heterocycles. The third-order valence-electron chi connectivity index (χ3n) is 2.47. The summed E-state index contributed by atoms with van der Waals surface area (Å²) in [5.41, 5.74) is 2.80. The number of nitrogens with zero attached hydrogens (tertiary/aromatic N) is 3. The first-order chi connectivity index (χ1) is 10.2. The second-order valence-corrected chi connectivity index (χ2v) is 3.85. The standard InChI is InChI=1S/C13H15N5O3/c1-3-21-10-6-4-5-9(12(10)20-2)7-14-17-11-8-15-18-13(19)16-11/h4-8H,3H2,1-2H3,(H2,16,17,18,19)/b14-7+. The van der Waals surface area contributed by atoms with Gasteiger partial charge in [0, 0.05) is 5.56 Å². The summed E-state index contributed by atoms with van der Waals surface area (Å²) in [5.74, 6) is 1.47. The Morgan fingerprint density at radius 1 is 1.48 bits per heavy atom. The van der Waals surface area contributed by atoms with Crippen molar-refractivity contribution >= 4 is 12.0 Å². The van der Waals surface area contributed by atoms with Gasteiger partial charge in [0.05, 0.1) is 26.1 Å². The van der Waals surface area contributed by atoms with Crippen molar-refractivity contribution in [3.63, 3.8) is 0 Å². The summed E-state index contributed by atoms with van der Waals surface area (Å²) in [7, 11) is 1.56. The molecule has 0 atom stereocenters. The molecule has 0 saturated carbocycles. The largest absolute Gasteiger partial charge is 0.492 e. The van der Waals surface area contributed by atoms with Crippen LogP contribution in [0.2, 0.25) is 0 Å². The third kappa shape index (κ3) is 3.78. The van der Waals surface area contributed by atoms with Gasteiger partial charge in [0.15, 0.2) is 17.3 Å². The molecule has 1 aromatic heterocycles. The van der Waals surface area contributed by atoms with E-state index in [0.717, 1.165) is 5.56 Å². The molecule has 1 heterocycles. The number of hydrazone groups is 1. The van der Waals surface area contributed by atoms with Crippen LogP contribution in [0.4, 0.5) is 5.82 Å². The molecule has 2 N–H and O–H groups in total. The monoisotopic (exact) mass is 289 g/mol. The van der Waals surface area contributed by atoms with Crippen LogP contribution in [0.25, 0.3) is 0 Å². The zero-order valence-electron chi connectivity index (χ0n) is 11.7. The van der Waals surface area contributed by atoms with Crippen molar-refractivity contribution in [3.05, 3.63) is 40.4 Å². The van der Waals surface area contributed by atoms with Crippen molar-refractivity contribution in [1.82, 2.24) is 15.2 Å². The predicted octanol–water partition coefficient (Wildman–Crippen LogP) is 1.02. The molecule has 21 heavy (non-hydrogen) atoms. The molecule has 2 rings (SSSR count). The van der Waals surface area contributed by atoms with E-state index < -0.39 is 5.69 Å². The van der Waals surface area contributed by atoms with E-state index in [2.05, 4.69) is 25.7 Å². The van der Waals surface area contributed by atoms with Crippen molar-refractivity contribution in [3.8, 4) is 11.5 Å². The van der Waals surface area contributed by atoms with Gasteiger partial charge in [-0.3, -0.25) is 5.43 Å². The molecule has 0 unspecified atom stereocenters. The smallest absolute Gasteiger partial charge is 0.363 e. The van der Waals surface area contributed by atoms with Crippen LogP contribution in [0.5, 0.6) is 11.5 Å². The van der Waals surface area contributed by atoms with Crippen LogP contribution < -0.4 is 20.6 Å². The SMILES string of the molecule is CCOc1cccc(/C=N/Nc2cn[nH]c(=O)n2)c1OC. The number of aromatic amines is 1. The van der Waals surface area contributed by atoms with Crippen LogP contribution in [0, 0.1) is 0 Å². The van der Waals surface area contributed by atoms with Crippen molar-refractivity contribution < 1.29 is 9.47 Å². The van der Waals surface area contributed by atoms with Crippen molar-refractivity contribution in [2.75, 3.05) is 19.1 Å². The maximum absolute atomic E-state index is 11.0. The second-order valence-electron chi connectivity index (χ2n) is 3.85. The first-order valence-corrected chi connectivity index (χ1v) is 6.25. The molecule has 0 fully saturated rings. The van der Waals surface area contributed by atoms with Crippen LogP contribution in [0.1, 0.15) is 12.5 Å². The number of para-hydroxylation sites is 1. The Labute approximate surface area is 120 Å². The molecule has 0 aliphatic carbocycles. The lowest BCUT2D eigenvalue weighted by atomic mass is 10.2. The summed E-state index contributed by atoms with van der Waals surface area (Å²) in [5, 5.41) is 9.77. The summed E-state index contributed by atoms with van der Waals surface area (Å²) in [6, 6.07) is 5.48. The first-order valence-electron chi connectivity index (χ1n) is 6.25. The Morgan fingerprint density at radius 2 is 2.33 bits per heavy atom. The number of rotatable bonds is 6. The van der Waals surface area contributed by atoms with Crippen molar-refractivity contribution in [2.24, 2.45) is 5.10 Å². The minimum absolute atomic E-state index is 0.245. The normalized spacial score (nSPS) is 10.6. The fourth-order valence-corrected chi connectivity index (χ4v) is 1.66. The average molecular weight is 289 g/mol. The molecule has 8 heteroatoms. The fourth-order valence-electron chi connectivity index (χ4n) is 1.66. The van der Waals surface area contributed by atoms with Gasteiger partial charge < -0.3 is 9.47 Å². The highest BCUT2D eigenvalue weighted by Gasteiger charge is 2.07. The Morgan fingerprint density at radius 3 is 3.05 bits per heavy atom. The number of H-pyrrole nitrogens is 1. The van der Waals surface area contributed by atoms with E-state index in [9.17, 15) is 4.79 Å². The summed E-state index contributed by atoms with van der Waals surface area (Å²) in [6.07, 6.45) is 2.90. The third-order valence-corrected chi connectivity index (χ3v) is 2.47. The zero-order chi connectivity index (χ0) is 15.1. The van der Waals surface area contributed by atoms with Gasteiger partial charge in [-0.05, 0) is 19.1 Å². The maximum Gasteiger partial charge on any atom is 0.363 e. The summed E-state index contributed by atoms with van der Waals surface area (Å²) in [6.45, 7) is 2.44. The van der Waals surface area contributed by atoms with E-state index >= 15 is 0 Å². The van der Waals surface area contributed by atoms with Gasteiger partial charge in [-0.15, -0.1) is 0 Å². The van der Waals surface area contributed by atoms with Gasteiger partial charge >= 0.3 is 5.69 Å². The van der Waals surface area contributed by atoms with Crippen LogP contribution >= 0.6 is 0 Å². The number of aromatic nitrogens is 3. The first kappa shape index (κ1) is 14.5. The molecular weight excluding hydrogens is 274 g/mol. The molecular formula is C13H15N5O3. The highest BCUT2D eigenvalue weighted by Crippen LogP contribution is 2.29. The van der Waals surface area contributed by atoms with E-state index in [1.54, 1.807) is 13.3 Å². The molecule has 0 spiro atoms. The number of hydrogen-bond acceptors (Lipinski definition) is 7. The van der Waals surface area contributed by atoms with Crippen LogP contribution in [-0.2, 0) is 0 Å². The highest BCUT2D eigenvalue weighted by molar-refractivity contribution is 5.85. The lowest BCUT2D eigenvalue weighted by Gasteiger charge is -2.11. The van der Waals surface area contributed by atoms with E-state index in [-0.39, 0.29) is 5.82 Å². The lowest BCUT2D eigenvalue weighted by Crippen LogP contribution is -2.13. The average Bonchev–Trinajstić information content (AvgIpc) is 2.48. The molecule has 0 radical (unpaired) electrons. The van der Waals surface area contributed by atoms with Crippen LogP contribution in [-0.4, -0.2) is 35.1 Å². The number of benzene rings is 1. The quantitative estimate of drug-likeness (QED) is 0.608. The Balaban J connectivity index is 2.17. The van der Waals surface area contributed by atoms with Gasteiger partial charge in [0.2, 0.25) is 0 Å². The lowest BCUT2D eigenvalue weighted by molar-refractivity contribution is 0.311. The molecule has 110 valence electrons. The van der Waals surface area contributed by atoms with Gasteiger partial charge in [0.1, 0.15) is 0 Å².